The van der Waals surface area contributed by atoms with Gasteiger partial charge in [0.15, 0.2) is 0 Å². The van der Waals surface area contributed by atoms with Gasteiger partial charge in [-0.2, -0.15) is 5.26 Å². The van der Waals surface area contributed by atoms with E-state index in [1.54, 1.807) is 0 Å². The van der Waals surface area contributed by atoms with Crippen molar-refractivity contribution in [3.63, 3.8) is 0 Å². The van der Waals surface area contributed by atoms with Gasteiger partial charge >= 0.3 is 0 Å². The molecule has 0 fully saturated rings. The molecule has 19 heavy (non-hydrogen) atoms. The van der Waals surface area contributed by atoms with E-state index >= 15 is 0 Å². The lowest BCUT2D eigenvalue weighted by Crippen LogP contribution is -1.90. The topological polar surface area (TPSA) is 28.7 Å². The summed E-state index contributed by atoms with van der Waals surface area (Å²) in [4.78, 5) is 0. The van der Waals surface area contributed by atoms with Gasteiger partial charge in [0.1, 0.15) is 0 Å². The predicted molar refractivity (Wildman–Crippen MR) is 77.8 cm³/mol. The van der Waals surface area contributed by atoms with Crippen LogP contribution in [-0.2, 0) is 7.05 Å². The van der Waals surface area contributed by atoms with Crippen molar-refractivity contribution in [2.24, 2.45) is 7.05 Å². The van der Waals surface area contributed by atoms with E-state index in [9.17, 15) is 0 Å². The Morgan fingerprint density at radius 2 is 1.84 bits per heavy atom. The number of aryl methyl sites for hydroxylation is 1. The third kappa shape index (κ3) is 1.71. The van der Waals surface area contributed by atoms with Gasteiger partial charge in [-0.1, -0.05) is 30.3 Å². The monoisotopic (exact) mass is 246 g/mol. The van der Waals surface area contributed by atoms with Gasteiger partial charge in [0, 0.05) is 29.2 Å². The van der Waals surface area contributed by atoms with Crippen molar-refractivity contribution >= 4 is 10.9 Å². The van der Waals surface area contributed by atoms with Crippen LogP contribution in [-0.4, -0.2) is 4.57 Å². The molecule has 0 aliphatic heterocycles. The van der Waals surface area contributed by atoms with Gasteiger partial charge in [0.25, 0.3) is 0 Å². The summed E-state index contributed by atoms with van der Waals surface area (Å²) < 4.78 is 2.20. The Balaban J connectivity index is 2.36. The zero-order chi connectivity index (χ0) is 13.4. The average Bonchev–Trinajstić information content (AvgIpc) is 2.72. The van der Waals surface area contributed by atoms with Crippen LogP contribution >= 0.6 is 0 Å². The largest absolute Gasteiger partial charge is 0.347 e. The highest BCUT2D eigenvalue weighted by Gasteiger charge is 2.13. The highest BCUT2D eigenvalue weighted by molar-refractivity contribution is 5.98. The number of nitriles is 1. The molecular formula is C17H14N2. The number of nitrogens with zero attached hydrogens (tertiary/aromatic N) is 2. The van der Waals surface area contributed by atoms with E-state index in [0.717, 1.165) is 5.56 Å². The maximum Gasteiger partial charge on any atom is 0.0991 e. The number of rotatable bonds is 1. The molecule has 0 amide bonds. The van der Waals surface area contributed by atoms with Crippen molar-refractivity contribution in [3.8, 4) is 17.2 Å². The fraction of sp³-hybridized carbons (Fsp3) is 0.118. The Morgan fingerprint density at radius 3 is 2.63 bits per heavy atom. The average molecular weight is 246 g/mol. The Bertz CT molecular complexity index is 804. The van der Waals surface area contributed by atoms with Crippen molar-refractivity contribution in [2.45, 2.75) is 6.92 Å². The van der Waals surface area contributed by atoms with Crippen LogP contribution in [0.3, 0.4) is 0 Å². The highest BCUT2D eigenvalue weighted by atomic mass is 14.9. The molecule has 0 radical (unpaired) electrons. The number of benzene rings is 2. The van der Waals surface area contributed by atoms with Crippen LogP contribution in [0.25, 0.3) is 22.0 Å². The van der Waals surface area contributed by atoms with E-state index in [2.05, 4.69) is 54.9 Å². The van der Waals surface area contributed by atoms with E-state index in [4.69, 9.17) is 5.26 Å². The van der Waals surface area contributed by atoms with Crippen LogP contribution in [0.4, 0.5) is 0 Å². The van der Waals surface area contributed by atoms with Crippen molar-refractivity contribution < 1.29 is 0 Å². The summed E-state index contributed by atoms with van der Waals surface area (Å²) in [5.41, 5.74) is 5.46. The molecule has 0 unspecified atom stereocenters. The SMILES string of the molecule is Cc1c(-c2cccc(C#N)c2)c2ccccc2n1C. The van der Waals surface area contributed by atoms with Crippen LogP contribution in [0.2, 0.25) is 0 Å². The molecule has 1 heterocycles. The third-order valence-electron chi connectivity index (χ3n) is 3.68. The summed E-state index contributed by atoms with van der Waals surface area (Å²) >= 11 is 0. The summed E-state index contributed by atoms with van der Waals surface area (Å²) in [6, 6.07) is 18.4. The van der Waals surface area contributed by atoms with Gasteiger partial charge in [-0.05, 0) is 30.7 Å². The van der Waals surface area contributed by atoms with E-state index in [0.29, 0.717) is 5.56 Å². The summed E-state index contributed by atoms with van der Waals surface area (Å²) in [5.74, 6) is 0. The predicted octanol–water partition coefficient (Wildman–Crippen LogP) is 4.03. The molecule has 2 nitrogen and oxygen atoms in total. The minimum atomic E-state index is 0.699. The molecule has 92 valence electrons. The lowest BCUT2D eigenvalue weighted by Gasteiger charge is -2.03. The molecule has 1 aromatic heterocycles. The first-order valence-electron chi connectivity index (χ1n) is 6.27. The van der Waals surface area contributed by atoms with Crippen LogP contribution in [0.15, 0.2) is 48.5 Å². The number of aromatic nitrogens is 1. The first-order valence-corrected chi connectivity index (χ1v) is 6.27. The van der Waals surface area contributed by atoms with Crippen molar-refractivity contribution in [3.05, 3.63) is 59.8 Å². The van der Waals surface area contributed by atoms with E-state index < -0.39 is 0 Å². The van der Waals surface area contributed by atoms with Crippen molar-refractivity contribution in [1.82, 2.24) is 4.57 Å². The van der Waals surface area contributed by atoms with Gasteiger partial charge in [-0.15, -0.1) is 0 Å². The molecule has 0 bridgehead atoms. The molecule has 0 N–H and O–H groups in total. The lowest BCUT2D eigenvalue weighted by atomic mass is 10.0. The molecule has 3 rings (SSSR count). The van der Waals surface area contributed by atoms with Crippen molar-refractivity contribution in [2.75, 3.05) is 0 Å². The van der Waals surface area contributed by atoms with Crippen molar-refractivity contribution in [1.29, 1.82) is 5.26 Å². The molecule has 0 aliphatic rings. The van der Waals surface area contributed by atoms with Crippen LogP contribution in [0.5, 0.6) is 0 Å². The summed E-state index contributed by atoms with van der Waals surface area (Å²) in [7, 11) is 2.08. The third-order valence-corrected chi connectivity index (χ3v) is 3.68. The highest BCUT2D eigenvalue weighted by Crippen LogP contribution is 2.34. The number of fused-ring (bicyclic) bond motifs is 1. The van der Waals surface area contributed by atoms with Gasteiger partial charge in [-0.25, -0.2) is 0 Å². The zero-order valence-electron chi connectivity index (χ0n) is 11.0. The van der Waals surface area contributed by atoms with Crippen LogP contribution in [0, 0.1) is 18.3 Å². The zero-order valence-corrected chi connectivity index (χ0v) is 11.0. The molecule has 0 saturated heterocycles. The minimum Gasteiger partial charge on any atom is -0.347 e. The molecule has 3 aromatic rings. The fourth-order valence-electron chi connectivity index (χ4n) is 2.63. The van der Waals surface area contributed by atoms with Gasteiger partial charge in [-0.3, -0.25) is 0 Å². The summed E-state index contributed by atoms with van der Waals surface area (Å²) in [6.45, 7) is 2.12. The summed E-state index contributed by atoms with van der Waals surface area (Å²) in [6.07, 6.45) is 0. The van der Waals surface area contributed by atoms with E-state index in [1.165, 1.54) is 22.2 Å². The molecular weight excluding hydrogens is 232 g/mol. The fourth-order valence-corrected chi connectivity index (χ4v) is 2.63. The Labute approximate surface area is 112 Å². The standard InChI is InChI=1S/C17H14N2/c1-12-17(14-7-5-6-13(10-14)11-18)15-8-3-4-9-16(15)19(12)2/h3-10H,1-2H3. The molecule has 0 atom stereocenters. The normalized spacial score (nSPS) is 10.6. The second-order valence-electron chi connectivity index (χ2n) is 4.73. The molecule has 2 heteroatoms. The number of hydrogen-bond acceptors (Lipinski definition) is 1. The van der Waals surface area contributed by atoms with Gasteiger partial charge in [0.05, 0.1) is 11.6 Å². The Hall–Kier alpha value is -2.53. The first-order chi connectivity index (χ1) is 9.22. The lowest BCUT2D eigenvalue weighted by molar-refractivity contribution is 0.919. The smallest absolute Gasteiger partial charge is 0.0991 e. The second-order valence-corrected chi connectivity index (χ2v) is 4.73. The van der Waals surface area contributed by atoms with Crippen LogP contribution < -0.4 is 0 Å². The van der Waals surface area contributed by atoms with Crippen LogP contribution in [0.1, 0.15) is 11.3 Å². The maximum absolute atomic E-state index is 9.04. The molecule has 0 spiro atoms. The Kier molecular flexibility index (Phi) is 2.61. The van der Waals surface area contributed by atoms with E-state index in [-0.39, 0.29) is 0 Å². The second kappa shape index (κ2) is 4.29. The van der Waals surface area contributed by atoms with Gasteiger partial charge in [0.2, 0.25) is 0 Å². The first kappa shape index (κ1) is 11.6. The minimum absolute atomic E-state index is 0.699. The molecule has 0 aliphatic carbocycles. The van der Waals surface area contributed by atoms with Gasteiger partial charge < -0.3 is 4.57 Å². The number of hydrogen-bond donors (Lipinski definition) is 0. The molecule has 2 aromatic carbocycles. The molecule has 0 saturated carbocycles. The Morgan fingerprint density at radius 1 is 1.05 bits per heavy atom. The maximum atomic E-state index is 9.04. The number of para-hydroxylation sites is 1. The quantitative estimate of drug-likeness (QED) is 0.637. The summed E-state index contributed by atoms with van der Waals surface area (Å²) in [5, 5.41) is 10.3. The van der Waals surface area contributed by atoms with E-state index in [1.807, 2.05) is 18.2 Å².